The van der Waals surface area contributed by atoms with E-state index < -0.39 is 97.5 Å². The summed E-state index contributed by atoms with van der Waals surface area (Å²) in [5.74, 6) is 0.795. The number of carbonyl (C=O) groups is 4. The van der Waals surface area contributed by atoms with Crippen molar-refractivity contribution < 1.29 is 80.2 Å². The molecule has 0 aliphatic heterocycles. The maximum atomic E-state index is 13.0. The van der Waals surface area contributed by atoms with Gasteiger partial charge in [0.2, 0.25) is 0 Å². The van der Waals surface area contributed by atoms with Gasteiger partial charge in [-0.25, -0.2) is 9.13 Å². The van der Waals surface area contributed by atoms with Crippen LogP contribution in [-0.4, -0.2) is 96.7 Å². The van der Waals surface area contributed by atoms with E-state index in [0.717, 1.165) is 108 Å². The van der Waals surface area contributed by atoms with E-state index in [1.165, 1.54) is 141 Å². The summed E-state index contributed by atoms with van der Waals surface area (Å²) in [6.45, 7) is 14.0. The molecule has 0 fully saturated rings. The molecule has 3 unspecified atom stereocenters. The Morgan fingerprint density at radius 3 is 0.705 bits per heavy atom. The molecule has 522 valence electrons. The van der Waals surface area contributed by atoms with Crippen molar-refractivity contribution in [3.8, 4) is 0 Å². The molecule has 0 saturated carbocycles. The van der Waals surface area contributed by atoms with Gasteiger partial charge in [-0.3, -0.25) is 37.3 Å². The van der Waals surface area contributed by atoms with E-state index in [2.05, 4.69) is 55.4 Å². The van der Waals surface area contributed by atoms with Crippen molar-refractivity contribution in [3.05, 3.63) is 0 Å². The molecule has 0 aliphatic carbocycles. The van der Waals surface area contributed by atoms with Gasteiger partial charge in [-0.2, -0.15) is 0 Å². The minimum atomic E-state index is -4.95. The van der Waals surface area contributed by atoms with Crippen LogP contribution in [0.25, 0.3) is 0 Å². The van der Waals surface area contributed by atoms with Crippen LogP contribution in [-0.2, 0) is 65.4 Å². The molecule has 3 N–H and O–H groups in total. The quantitative estimate of drug-likeness (QED) is 0.0222. The summed E-state index contributed by atoms with van der Waals surface area (Å²) in [6, 6.07) is 0. The molecule has 17 nitrogen and oxygen atoms in total. The van der Waals surface area contributed by atoms with Crippen LogP contribution < -0.4 is 0 Å². The molecule has 0 radical (unpaired) electrons. The predicted molar refractivity (Wildman–Crippen MR) is 354 cm³/mol. The Bertz CT molecular complexity index is 1750. The minimum absolute atomic E-state index is 0.101. The topological polar surface area (TPSA) is 237 Å². The summed E-state index contributed by atoms with van der Waals surface area (Å²) in [7, 11) is -9.90. The third-order valence-electron chi connectivity index (χ3n) is 15.8. The number of phosphoric ester groups is 2. The van der Waals surface area contributed by atoms with Crippen molar-refractivity contribution in [3.63, 3.8) is 0 Å². The number of unbranched alkanes of at least 4 members (excludes halogenated alkanes) is 32. The number of hydrogen-bond acceptors (Lipinski definition) is 15. The highest BCUT2D eigenvalue weighted by atomic mass is 31.2. The second-order valence-corrected chi connectivity index (χ2v) is 29.7. The first-order valence-electron chi connectivity index (χ1n) is 35.7. The van der Waals surface area contributed by atoms with E-state index in [1.54, 1.807) is 0 Å². The number of ether oxygens (including phenoxy) is 4. The number of hydrogen-bond donors (Lipinski definition) is 3. The summed E-state index contributed by atoms with van der Waals surface area (Å²) < 4.78 is 68.2. The number of aliphatic hydroxyl groups is 1. The van der Waals surface area contributed by atoms with Crippen molar-refractivity contribution in [1.82, 2.24) is 0 Å². The van der Waals surface area contributed by atoms with Crippen LogP contribution in [0.15, 0.2) is 0 Å². The smallest absolute Gasteiger partial charge is 0.462 e. The first-order chi connectivity index (χ1) is 42.1. The second kappa shape index (κ2) is 58.8. The third-order valence-corrected chi connectivity index (χ3v) is 17.7. The lowest BCUT2D eigenvalue weighted by molar-refractivity contribution is -0.161. The Hall–Kier alpha value is -1.94. The van der Waals surface area contributed by atoms with Gasteiger partial charge in [0.25, 0.3) is 0 Å². The highest BCUT2D eigenvalue weighted by Crippen LogP contribution is 2.45. The Morgan fingerprint density at radius 2 is 0.477 bits per heavy atom. The Morgan fingerprint density at radius 1 is 0.284 bits per heavy atom. The van der Waals surface area contributed by atoms with Gasteiger partial charge < -0.3 is 33.8 Å². The maximum absolute atomic E-state index is 13.0. The van der Waals surface area contributed by atoms with Crippen molar-refractivity contribution in [2.45, 2.75) is 356 Å². The monoisotopic (exact) mass is 1300 g/mol. The lowest BCUT2D eigenvalue weighted by Crippen LogP contribution is -2.30. The molecule has 0 amide bonds. The Kier molecular flexibility index (Phi) is 57.6. The number of phosphoric acid groups is 2. The molecule has 0 aromatic carbocycles. The van der Waals surface area contributed by atoms with E-state index in [9.17, 15) is 43.2 Å². The first-order valence-corrected chi connectivity index (χ1v) is 38.7. The molecule has 0 heterocycles. The summed E-state index contributed by atoms with van der Waals surface area (Å²) in [5.41, 5.74) is 0. The molecule has 5 atom stereocenters. The first kappa shape index (κ1) is 86.1. The second-order valence-electron chi connectivity index (χ2n) is 26.8. The van der Waals surface area contributed by atoms with Crippen molar-refractivity contribution in [2.75, 3.05) is 39.6 Å². The minimum Gasteiger partial charge on any atom is -0.462 e. The normalized spacial score (nSPS) is 14.3. The van der Waals surface area contributed by atoms with E-state index in [1.807, 2.05) is 0 Å². The molecule has 0 aromatic heterocycles. The largest absolute Gasteiger partial charge is 0.472 e. The standard InChI is InChI=1S/C69H134O17P2/c1-59(2)45-37-29-21-15-11-9-10-12-17-24-33-41-49-66(71)79-55-64(85-68(73)51-43-35-26-18-14-13-16-22-30-38-46-60(3)4)57-83-87(75,76)81-53-63(70)54-82-88(77,78)84-58-65(86-69(74)52-44-36-28-27-32-40-48-62(7)8)56-80-67(72)50-42-34-25-20-19-23-31-39-47-61(5)6/h59-65,70H,9-58H2,1-8H3,(H,75,76)(H,77,78)/t63?,64-,65-/m1/s1. The summed E-state index contributed by atoms with van der Waals surface area (Å²) in [4.78, 5) is 72.4. The van der Waals surface area contributed by atoms with Crippen LogP contribution in [0.5, 0.6) is 0 Å². The fourth-order valence-corrected chi connectivity index (χ4v) is 11.9. The van der Waals surface area contributed by atoms with Crippen LogP contribution in [0, 0.1) is 23.7 Å². The fourth-order valence-electron chi connectivity index (χ4n) is 10.3. The summed E-state index contributed by atoms with van der Waals surface area (Å²) in [5, 5.41) is 10.6. The Balaban J connectivity index is 5.23. The van der Waals surface area contributed by atoms with Gasteiger partial charge in [0.1, 0.15) is 19.3 Å². The average molecular weight is 1300 g/mol. The number of rotatable bonds is 66. The molecule has 0 bridgehead atoms. The fraction of sp³-hybridized carbons (Fsp3) is 0.942. The predicted octanol–water partition coefficient (Wildman–Crippen LogP) is 19.3. The highest BCUT2D eigenvalue weighted by Gasteiger charge is 2.30. The lowest BCUT2D eigenvalue weighted by Gasteiger charge is -2.21. The van der Waals surface area contributed by atoms with E-state index >= 15 is 0 Å². The van der Waals surface area contributed by atoms with Gasteiger partial charge >= 0.3 is 39.5 Å². The average Bonchev–Trinajstić information content (AvgIpc) is 3.69. The van der Waals surface area contributed by atoms with Gasteiger partial charge in [0.05, 0.1) is 26.4 Å². The van der Waals surface area contributed by atoms with Crippen LogP contribution in [0.3, 0.4) is 0 Å². The maximum Gasteiger partial charge on any atom is 0.472 e. The molecule has 88 heavy (non-hydrogen) atoms. The molecule has 19 heteroatoms. The number of esters is 4. The zero-order valence-corrected chi connectivity index (χ0v) is 59.1. The van der Waals surface area contributed by atoms with Gasteiger partial charge in [0.15, 0.2) is 12.2 Å². The lowest BCUT2D eigenvalue weighted by atomic mass is 10.0. The van der Waals surface area contributed by atoms with Gasteiger partial charge in [-0.15, -0.1) is 0 Å². The van der Waals surface area contributed by atoms with E-state index in [-0.39, 0.29) is 25.7 Å². The zero-order chi connectivity index (χ0) is 65.4. The molecule has 0 spiro atoms. The van der Waals surface area contributed by atoms with Crippen molar-refractivity contribution in [1.29, 1.82) is 0 Å². The van der Waals surface area contributed by atoms with E-state index in [4.69, 9.17) is 37.0 Å². The molecular formula is C69H134O17P2. The van der Waals surface area contributed by atoms with Gasteiger partial charge in [-0.1, -0.05) is 287 Å². The zero-order valence-electron chi connectivity index (χ0n) is 57.3. The summed E-state index contributed by atoms with van der Waals surface area (Å²) in [6.07, 6.45) is 40.5. The van der Waals surface area contributed by atoms with Crippen LogP contribution >= 0.6 is 15.6 Å². The Labute approximate surface area is 537 Å². The molecule has 0 rings (SSSR count). The van der Waals surface area contributed by atoms with Gasteiger partial charge in [0, 0.05) is 25.7 Å². The SMILES string of the molecule is CC(C)CCCCCCCCCCCCCCC(=O)OC[C@H](COP(=O)(O)OCC(O)COP(=O)(O)OC[C@@H](COC(=O)CCCCCCCCCCC(C)C)OC(=O)CCCCCCCCC(C)C)OC(=O)CCCCCCCCCCCCC(C)C. The molecule has 0 aliphatic rings. The van der Waals surface area contributed by atoms with Crippen LogP contribution in [0.2, 0.25) is 0 Å². The molecular weight excluding hydrogens is 1160 g/mol. The van der Waals surface area contributed by atoms with Crippen LogP contribution in [0.4, 0.5) is 0 Å². The molecule has 0 saturated heterocycles. The van der Waals surface area contributed by atoms with Crippen molar-refractivity contribution in [2.24, 2.45) is 23.7 Å². The van der Waals surface area contributed by atoms with Crippen LogP contribution in [0.1, 0.15) is 338 Å². The summed E-state index contributed by atoms with van der Waals surface area (Å²) >= 11 is 0. The number of aliphatic hydroxyl groups excluding tert-OH is 1. The van der Waals surface area contributed by atoms with Crippen molar-refractivity contribution >= 4 is 39.5 Å². The van der Waals surface area contributed by atoms with Gasteiger partial charge in [-0.05, 0) is 49.4 Å². The van der Waals surface area contributed by atoms with E-state index in [0.29, 0.717) is 31.6 Å². The number of carbonyl (C=O) groups excluding carboxylic acids is 4. The highest BCUT2D eigenvalue weighted by molar-refractivity contribution is 7.47. The third kappa shape index (κ3) is 62.8. The molecule has 0 aromatic rings.